The molecular weight excluding hydrogens is 360 g/mol. The number of nitrogens with one attached hydrogen (secondary N) is 3. The summed E-state index contributed by atoms with van der Waals surface area (Å²) >= 11 is 0. The number of methoxy groups -OCH3 is 1. The Labute approximate surface area is 161 Å². The zero-order chi connectivity index (χ0) is 20.2. The molecule has 1 aromatic carbocycles. The van der Waals surface area contributed by atoms with Crippen molar-refractivity contribution in [2.45, 2.75) is 38.8 Å². The van der Waals surface area contributed by atoms with E-state index < -0.39 is 22.8 Å². The first-order valence-corrected chi connectivity index (χ1v) is 9.23. The van der Waals surface area contributed by atoms with Gasteiger partial charge in [0.15, 0.2) is 0 Å². The van der Waals surface area contributed by atoms with Crippen molar-refractivity contribution in [3.05, 3.63) is 55.9 Å². The summed E-state index contributed by atoms with van der Waals surface area (Å²) in [6, 6.07) is 5.22. The van der Waals surface area contributed by atoms with Gasteiger partial charge in [-0.2, -0.15) is 0 Å². The van der Waals surface area contributed by atoms with E-state index in [2.05, 4.69) is 15.3 Å². The lowest BCUT2D eigenvalue weighted by Crippen LogP contribution is -2.43. The maximum atomic E-state index is 12.7. The van der Waals surface area contributed by atoms with E-state index in [0.717, 1.165) is 34.3 Å². The third-order valence-electron chi connectivity index (χ3n) is 5.24. The smallest absolute Gasteiger partial charge is 0.331 e. The molecule has 4 N–H and O–H groups in total. The highest BCUT2D eigenvalue weighted by molar-refractivity contribution is 5.86. The monoisotopic (exact) mass is 384 g/mol. The lowest BCUT2D eigenvalue weighted by molar-refractivity contribution is 0.298. The van der Waals surface area contributed by atoms with Gasteiger partial charge in [-0.15, -0.1) is 0 Å². The number of aromatic amines is 2. The van der Waals surface area contributed by atoms with Crippen molar-refractivity contribution < 1.29 is 9.84 Å². The number of hydrogen-bond acceptors (Lipinski definition) is 5. The standard InChI is InChI=1S/C20H24N4O4/c1-20(2,3)24-18(26)14(17(25)23-19(24)27)16-15-11(7-8-21-16)12-9-10(28-4)5-6-13(12)22-15/h5-6,9,16,21-22,26H,7-8H2,1-4H3,(H,23,25,27). The van der Waals surface area contributed by atoms with Crippen LogP contribution in [0.15, 0.2) is 27.8 Å². The predicted molar refractivity (Wildman–Crippen MR) is 106 cm³/mol. The van der Waals surface area contributed by atoms with Gasteiger partial charge in [-0.3, -0.25) is 14.3 Å². The summed E-state index contributed by atoms with van der Waals surface area (Å²) in [5.74, 6) is 0.439. The maximum absolute atomic E-state index is 12.7. The molecule has 0 bridgehead atoms. The van der Waals surface area contributed by atoms with Crippen molar-refractivity contribution >= 4 is 10.9 Å². The van der Waals surface area contributed by atoms with Crippen LogP contribution in [0, 0.1) is 0 Å². The molecular formula is C20H24N4O4. The van der Waals surface area contributed by atoms with Crippen LogP contribution in [0.2, 0.25) is 0 Å². The van der Waals surface area contributed by atoms with Crippen molar-refractivity contribution in [2.75, 3.05) is 13.7 Å². The molecule has 0 amide bonds. The minimum Gasteiger partial charge on any atom is -0.497 e. The summed E-state index contributed by atoms with van der Waals surface area (Å²) in [5, 5.41) is 15.2. The molecule has 0 saturated heterocycles. The molecule has 8 heteroatoms. The molecule has 1 aliphatic rings. The van der Waals surface area contributed by atoms with Crippen LogP contribution in [-0.2, 0) is 12.0 Å². The minimum atomic E-state index is -0.689. The lowest BCUT2D eigenvalue weighted by atomic mass is 9.95. The van der Waals surface area contributed by atoms with Gasteiger partial charge in [0, 0.05) is 28.7 Å². The first kappa shape index (κ1) is 18.4. The molecule has 4 rings (SSSR count). The molecule has 0 saturated carbocycles. The van der Waals surface area contributed by atoms with Gasteiger partial charge in [0.1, 0.15) is 11.3 Å². The van der Waals surface area contributed by atoms with Gasteiger partial charge in [0.2, 0.25) is 5.88 Å². The molecule has 0 radical (unpaired) electrons. The Balaban J connectivity index is 1.96. The third-order valence-corrected chi connectivity index (χ3v) is 5.24. The molecule has 1 aliphatic heterocycles. The third kappa shape index (κ3) is 2.72. The van der Waals surface area contributed by atoms with Gasteiger partial charge < -0.3 is 20.1 Å². The second-order valence-electron chi connectivity index (χ2n) is 8.07. The molecule has 3 heterocycles. The van der Waals surface area contributed by atoms with E-state index in [1.54, 1.807) is 27.9 Å². The Kier molecular flexibility index (Phi) is 4.11. The average Bonchev–Trinajstić information content (AvgIpc) is 2.98. The molecule has 0 fully saturated rings. The molecule has 1 atom stereocenters. The fraction of sp³-hybridized carbons (Fsp3) is 0.400. The van der Waals surface area contributed by atoms with E-state index in [1.807, 2.05) is 18.2 Å². The number of rotatable bonds is 2. The molecule has 1 unspecified atom stereocenters. The molecule has 0 aliphatic carbocycles. The molecule has 148 valence electrons. The number of H-pyrrole nitrogens is 2. The largest absolute Gasteiger partial charge is 0.497 e. The van der Waals surface area contributed by atoms with E-state index in [1.165, 1.54) is 4.57 Å². The minimum absolute atomic E-state index is 0.133. The van der Waals surface area contributed by atoms with Crippen molar-refractivity contribution in [3.8, 4) is 11.6 Å². The second-order valence-corrected chi connectivity index (χ2v) is 8.07. The number of nitrogens with zero attached hydrogens (tertiary/aromatic N) is 1. The number of aromatic nitrogens is 3. The van der Waals surface area contributed by atoms with Gasteiger partial charge >= 0.3 is 5.69 Å². The molecule has 3 aromatic rings. The van der Waals surface area contributed by atoms with Crippen molar-refractivity contribution in [3.63, 3.8) is 0 Å². The zero-order valence-corrected chi connectivity index (χ0v) is 16.3. The van der Waals surface area contributed by atoms with Crippen molar-refractivity contribution in [1.82, 2.24) is 19.9 Å². The summed E-state index contributed by atoms with van der Waals surface area (Å²) in [6.07, 6.45) is 0.774. The first-order valence-electron chi connectivity index (χ1n) is 9.23. The second kappa shape index (κ2) is 6.27. The molecule has 28 heavy (non-hydrogen) atoms. The molecule has 8 nitrogen and oxygen atoms in total. The van der Waals surface area contributed by atoms with Gasteiger partial charge in [0.05, 0.1) is 13.2 Å². The van der Waals surface area contributed by atoms with Crippen LogP contribution in [0.5, 0.6) is 11.6 Å². The quantitative estimate of drug-likeness (QED) is 0.538. The van der Waals surface area contributed by atoms with Crippen LogP contribution in [0.4, 0.5) is 0 Å². The number of fused-ring (bicyclic) bond motifs is 3. The normalized spacial score (nSPS) is 16.9. The van der Waals surface area contributed by atoms with E-state index in [4.69, 9.17) is 4.74 Å². The van der Waals surface area contributed by atoms with E-state index in [0.29, 0.717) is 6.54 Å². The predicted octanol–water partition coefficient (Wildman–Crippen LogP) is 1.72. The van der Waals surface area contributed by atoms with Gasteiger partial charge in [-0.1, -0.05) is 0 Å². The summed E-state index contributed by atoms with van der Waals surface area (Å²) in [4.78, 5) is 30.7. The van der Waals surface area contributed by atoms with Crippen molar-refractivity contribution in [2.24, 2.45) is 0 Å². The number of aromatic hydroxyl groups is 1. The topological polar surface area (TPSA) is 112 Å². The lowest BCUT2D eigenvalue weighted by Gasteiger charge is -2.28. The summed E-state index contributed by atoms with van der Waals surface area (Å²) in [5.41, 5.74) is 1.04. The highest BCUT2D eigenvalue weighted by Crippen LogP contribution is 2.36. The van der Waals surface area contributed by atoms with Gasteiger partial charge in [-0.25, -0.2) is 4.79 Å². The molecule has 2 aromatic heterocycles. The summed E-state index contributed by atoms with van der Waals surface area (Å²) in [7, 11) is 1.62. The summed E-state index contributed by atoms with van der Waals surface area (Å²) in [6.45, 7) is 6.02. The number of hydrogen-bond donors (Lipinski definition) is 4. The van der Waals surface area contributed by atoms with Crippen molar-refractivity contribution in [1.29, 1.82) is 0 Å². The highest BCUT2D eigenvalue weighted by atomic mass is 16.5. The van der Waals surface area contributed by atoms with E-state index in [9.17, 15) is 14.7 Å². The van der Waals surface area contributed by atoms with Gasteiger partial charge in [0.25, 0.3) is 5.56 Å². The Bertz CT molecular complexity index is 1180. The fourth-order valence-corrected chi connectivity index (χ4v) is 4.00. The fourth-order valence-electron chi connectivity index (χ4n) is 4.00. The zero-order valence-electron chi connectivity index (χ0n) is 16.3. The van der Waals surface area contributed by atoms with Crippen LogP contribution in [0.25, 0.3) is 10.9 Å². The highest BCUT2D eigenvalue weighted by Gasteiger charge is 2.32. The van der Waals surface area contributed by atoms with Crippen LogP contribution in [0.1, 0.15) is 43.6 Å². The van der Waals surface area contributed by atoms with Crippen LogP contribution >= 0.6 is 0 Å². The SMILES string of the molecule is COc1ccc2[nH]c3c(c2c1)CCNC3c1c(O)n(C(C)(C)C)c(=O)[nH]c1=O. The van der Waals surface area contributed by atoms with Crippen LogP contribution in [0.3, 0.4) is 0 Å². The maximum Gasteiger partial charge on any atom is 0.331 e. The van der Waals surface area contributed by atoms with Crippen LogP contribution < -0.4 is 21.3 Å². The Hall–Kier alpha value is -3.00. The van der Waals surface area contributed by atoms with E-state index in [-0.39, 0.29) is 11.4 Å². The van der Waals surface area contributed by atoms with E-state index >= 15 is 0 Å². The summed E-state index contributed by atoms with van der Waals surface area (Å²) < 4.78 is 6.55. The Morgan fingerprint density at radius 1 is 1.21 bits per heavy atom. The Morgan fingerprint density at radius 3 is 2.64 bits per heavy atom. The first-order chi connectivity index (χ1) is 13.2. The average molecular weight is 384 g/mol. The Morgan fingerprint density at radius 2 is 1.96 bits per heavy atom. The number of benzene rings is 1. The molecule has 0 spiro atoms. The van der Waals surface area contributed by atoms with Crippen LogP contribution in [-0.4, -0.2) is 33.3 Å². The number of ether oxygens (including phenoxy) is 1. The van der Waals surface area contributed by atoms with Gasteiger partial charge in [-0.05, 0) is 51.0 Å².